The van der Waals surface area contributed by atoms with Crippen molar-refractivity contribution in [3.8, 4) is 22.6 Å². The molecule has 0 aliphatic heterocycles. The average molecular weight is 507 g/mol. The van der Waals surface area contributed by atoms with Crippen LogP contribution >= 0.6 is 0 Å². The SMILES string of the molecule is COc1cc(C(C)NC(=O)OCC2c3ccccc3-c3ccccc32)c([N+](=O)[O-])cc1OCCCCO. The summed E-state index contributed by atoms with van der Waals surface area (Å²) in [6.45, 7) is 2.10. The molecule has 1 aliphatic carbocycles. The van der Waals surface area contributed by atoms with Crippen LogP contribution in [0, 0.1) is 10.1 Å². The van der Waals surface area contributed by atoms with Gasteiger partial charge in [-0.1, -0.05) is 48.5 Å². The molecule has 0 bridgehead atoms. The molecular formula is C28H30N2O7. The molecule has 0 saturated carbocycles. The maximum absolute atomic E-state index is 12.7. The van der Waals surface area contributed by atoms with Crippen molar-refractivity contribution in [1.29, 1.82) is 0 Å². The molecule has 1 atom stereocenters. The Bertz CT molecular complexity index is 1230. The van der Waals surface area contributed by atoms with Crippen LogP contribution in [0.15, 0.2) is 60.7 Å². The molecule has 0 saturated heterocycles. The predicted molar refractivity (Wildman–Crippen MR) is 138 cm³/mol. The standard InChI is InChI=1S/C28H30N2O7/c1-18(23-15-26(35-2)27(16-25(23)30(33)34)36-14-8-7-13-31)29-28(32)37-17-24-21-11-5-3-9-19(21)20-10-4-6-12-22(20)24/h3-6,9-12,15-16,18,24,31H,7-8,13-14,17H2,1-2H3,(H,29,32). The van der Waals surface area contributed by atoms with Crippen molar-refractivity contribution in [2.45, 2.75) is 31.7 Å². The number of aliphatic hydroxyl groups is 1. The number of nitrogens with zero attached hydrogens (tertiary/aromatic N) is 1. The van der Waals surface area contributed by atoms with Crippen molar-refractivity contribution in [3.63, 3.8) is 0 Å². The minimum atomic E-state index is -0.728. The predicted octanol–water partition coefficient (Wildman–Crippen LogP) is 5.35. The van der Waals surface area contributed by atoms with Gasteiger partial charge in [-0.25, -0.2) is 4.79 Å². The number of fused-ring (bicyclic) bond motifs is 3. The number of nitro groups is 1. The molecule has 3 aromatic rings. The van der Waals surface area contributed by atoms with E-state index in [0.29, 0.717) is 18.6 Å². The van der Waals surface area contributed by atoms with E-state index in [-0.39, 0.29) is 42.7 Å². The van der Waals surface area contributed by atoms with Gasteiger partial charge in [-0.15, -0.1) is 0 Å². The van der Waals surface area contributed by atoms with E-state index in [9.17, 15) is 14.9 Å². The summed E-state index contributed by atoms with van der Waals surface area (Å²) in [4.78, 5) is 24.0. The zero-order valence-electron chi connectivity index (χ0n) is 20.8. The van der Waals surface area contributed by atoms with Crippen LogP contribution in [0.25, 0.3) is 11.1 Å². The number of nitrogens with one attached hydrogen (secondary N) is 1. The molecule has 1 unspecified atom stereocenters. The maximum Gasteiger partial charge on any atom is 0.407 e. The van der Waals surface area contributed by atoms with Crippen molar-refractivity contribution in [1.82, 2.24) is 5.32 Å². The molecule has 4 rings (SSSR count). The van der Waals surface area contributed by atoms with Gasteiger partial charge >= 0.3 is 6.09 Å². The third kappa shape index (κ3) is 5.67. The Kier molecular flexibility index (Phi) is 8.25. The van der Waals surface area contributed by atoms with E-state index in [4.69, 9.17) is 19.3 Å². The Labute approximate surface area is 215 Å². The second-order valence-corrected chi connectivity index (χ2v) is 8.79. The average Bonchev–Trinajstić information content (AvgIpc) is 3.23. The van der Waals surface area contributed by atoms with E-state index >= 15 is 0 Å². The topological polar surface area (TPSA) is 120 Å². The van der Waals surface area contributed by atoms with E-state index in [0.717, 1.165) is 22.3 Å². The van der Waals surface area contributed by atoms with Gasteiger partial charge in [0.25, 0.3) is 5.69 Å². The first-order valence-electron chi connectivity index (χ1n) is 12.2. The summed E-state index contributed by atoms with van der Waals surface area (Å²) in [6, 6.07) is 18.1. The molecule has 9 nitrogen and oxygen atoms in total. The molecule has 0 spiro atoms. The molecule has 0 radical (unpaired) electrons. The highest BCUT2D eigenvalue weighted by molar-refractivity contribution is 5.79. The highest BCUT2D eigenvalue weighted by Crippen LogP contribution is 2.44. The molecule has 1 amide bonds. The summed E-state index contributed by atoms with van der Waals surface area (Å²) in [5, 5.41) is 23.4. The van der Waals surface area contributed by atoms with Gasteiger partial charge in [0, 0.05) is 12.5 Å². The van der Waals surface area contributed by atoms with Crippen LogP contribution in [-0.2, 0) is 4.74 Å². The highest BCUT2D eigenvalue weighted by Gasteiger charge is 2.30. The zero-order valence-corrected chi connectivity index (χ0v) is 20.8. The summed E-state index contributed by atoms with van der Waals surface area (Å²) < 4.78 is 16.6. The van der Waals surface area contributed by atoms with Crippen molar-refractivity contribution in [2.24, 2.45) is 0 Å². The fraction of sp³-hybridized carbons (Fsp3) is 0.321. The Morgan fingerprint density at radius 1 is 1.05 bits per heavy atom. The number of carbonyl (C=O) groups is 1. The van der Waals surface area contributed by atoms with Crippen molar-refractivity contribution in [3.05, 3.63) is 87.5 Å². The summed E-state index contributed by atoms with van der Waals surface area (Å²) in [6.07, 6.45) is 0.477. The Morgan fingerprint density at radius 3 is 2.30 bits per heavy atom. The number of alkyl carbamates (subject to hydrolysis) is 1. The van der Waals surface area contributed by atoms with Crippen LogP contribution in [0.2, 0.25) is 0 Å². The van der Waals surface area contributed by atoms with Gasteiger partial charge in [0.15, 0.2) is 11.5 Å². The van der Waals surface area contributed by atoms with Gasteiger partial charge in [-0.2, -0.15) is 0 Å². The third-order valence-electron chi connectivity index (χ3n) is 6.46. The lowest BCUT2D eigenvalue weighted by atomic mass is 9.98. The number of aliphatic hydroxyl groups excluding tert-OH is 1. The van der Waals surface area contributed by atoms with Crippen LogP contribution in [0.4, 0.5) is 10.5 Å². The minimum Gasteiger partial charge on any atom is -0.493 e. The lowest BCUT2D eigenvalue weighted by Crippen LogP contribution is -2.29. The fourth-order valence-corrected chi connectivity index (χ4v) is 4.63. The van der Waals surface area contributed by atoms with Crippen LogP contribution in [0.3, 0.4) is 0 Å². The first-order chi connectivity index (χ1) is 17.9. The largest absolute Gasteiger partial charge is 0.493 e. The number of hydrogen-bond donors (Lipinski definition) is 2. The molecule has 37 heavy (non-hydrogen) atoms. The van der Waals surface area contributed by atoms with Crippen molar-refractivity contribution < 1.29 is 29.0 Å². The summed E-state index contributed by atoms with van der Waals surface area (Å²) >= 11 is 0. The molecular weight excluding hydrogens is 476 g/mol. The van der Waals surface area contributed by atoms with Gasteiger partial charge in [-0.05, 0) is 48.1 Å². The molecule has 0 heterocycles. The minimum absolute atomic E-state index is 0.0403. The Hall–Kier alpha value is -4.11. The van der Waals surface area contributed by atoms with E-state index in [2.05, 4.69) is 17.4 Å². The smallest absolute Gasteiger partial charge is 0.407 e. The number of amides is 1. The number of carbonyl (C=O) groups excluding carboxylic acids is 1. The van der Waals surface area contributed by atoms with E-state index in [1.165, 1.54) is 19.2 Å². The quantitative estimate of drug-likeness (QED) is 0.204. The molecule has 2 N–H and O–H groups in total. The molecule has 9 heteroatoms. The summed E-state index contributed by atoms with van der Waals surface area (Å²) in [5.41, 5.74) is 4.50. The lowest BCUT2D eigenvalue weighted by molar-refractivity contribution is -0.385. The lowest BCUT2D eigenvalue weighted by Gasteiger charge is -2.19. The third-order valence-corrected chi connectivity index (χ3v) is 6.46. The zero-order chi connectivity index (χ0) is 26.4. The molecule has 194 valence electrons. The second-order valence-electron chi connectivity index (χ2n) is 8.79. The van der Waals surface area contributed by atoms with E-state index in [1.54, 1.807) is 6.92 Å². The number of hydrogen-bond acceptors (Lipinski definition) is 7. The fourth-order valence-electron chi connectivity index (χ4n) is 4.63. The van der Waals surface area contributed by atoms with Crippen LogP contribution in [0.5, 0.6) is 11.5 Å². The number of methoxy groups -OCH3 is 1. The maximum atomic E-state index is 12.7. The first-order valence-corrected chi connectivity index (χ1v) is 12.2. The first kappa shape index (κ1) is 26.0. The van der Waals surface area contributed by atoms with Crippen LogP contribution in [-0.4, -0.2) is 43.1 Å². The molecule has 1 aliphatic rings. The van der Waals surface area contributed by atoms with E-state index in [1.807, 2.05) is 36.4 Å². The van der Waals surface area contributed by atoms with Crippen LogP contribution in [0.1, 0.15) is 48.4 Å². The van der Waals surface area contributed by atoms with E-state index < -0.39 is 17.1 Å². The monoisotopic (exact) mass is 506 g/mol. The van der Waals surface area contributed by atoms with Gasteiger partial charge in [0.2, 0.25) is 0 Å². The Morgan fingerprint density at radius 2 is 1.70 bits per heavy atom. The van der Waals surface area contributed by atoms with Gasteiger partial charge < -0.3 is 24.6 Å². The second kappa shape index (κ2) is 11.7. The number of unbranched alkanes of at least 4 members (excludes halogenated alkanes) is 1. The molecule has 0 aromatic heterocycles. The van der Waals surface area contributed by atoms with Gasteiger partial charge in [0.05, 0.1) is 36.3 Å². The number of benzene rings is 3. The van der Waals surface area contributed by atoms with Gasteiger partial charge in [-0.3, -0.25) is 10.1 Å². The summed E-state index contributed by atoms with van der Waals surface area (Å²) in [7, 11) is 1.44. The Balaban J connectivity index is 1.46. The number of ether oxygens (including phenoxy) is 3. The van der Waals surface area contributed by atoms with Crippen LogP contribution < -0.4 is 14.8 Å². The highest BCUT2D eigenvalue weighted by atomic mass is 16.6. The number of rotatable bonds is 11. The normalized spacial score (nSPS) is 12.8. The molecule has 3 aromatic carbocycles. The van der Waals surface area contributed by atoms with Crippen molar-refractivity contribution >= 4 is 11.8 Å². The van der Waals surface area contributed by atoms with Gasteiger partial charge in [0.1, 0.15) is 6.61 Å². The summed E-state index contributed by atoms with van der Waals surface area (Å²) in [5.74, 6) is 0.445. The van der Waals surface area contributed by atoms with Crippen molar-refractivity contribution in [2.75, 3.05) is 26.9 Å². The number of nitro benzene ring substituents is 1. The molecule has 0 fully saturated rings.